The Kier molecular flexibility index (Phi) is 11.9. The first-order chi connectivity index (χ1) is 7.54. The Labute approximate surface area is 152 Å². The summed E-state index contributed by atoms with van der Waals surface area (Å²) in [4.78, 5) is -0.863. The standard InChI is InChI=1S/C4H4Cl4.2C4H9.Al.Ti/c1-4(8,2-5)3(6)7;2*1-4(2)3;;/h2H,1H3;2*4H,1H2,2-3H3;;/q-1;;;;. The van der Waals surface area contributed by atoms with Crippen LogP contribution in [0.1, 0.15) is 34.6 Å². The summed E-state index contributed by atoms with van der Waals surface area (Å²) in [6, 6.07) is 0. The predicted octanol–water partition coefficient (Wildman–Crippen LogP) is 5.90. The van der Waals surface area contributed by atoms with Gasteiger partial charge < -0.3 is 11.6 Å². The number of hydrogen-bond donors (Lipinski definition) is 0. The van der Waals surface area contributed by atoms with E-state index in [1.54, 1.807) is 6.92 Å². The van der Waals surface area contributed by atoms with Gasteiger partial charge in [0.2, 0.25) is 0 Å². The van der Waals surface area contributed by atoms with Gasteiger partial charge in [0.05, 0.1) is 3.20 Å². The van der Waals surface area contributed by atoms with E-state index in [1.165, 1.54) is 5.88 Å². The molecule has 0 aromatic carbocycles. The average Bonchev–Trinajstić information content (AvgIpc) is 2.15. The fourth-order valence-electron chi connectivity index (χ4n) is 2.00. The van der Waals surface area contributed by atoms with Gasteiger partial charge in [0, 0.05) is 21.7 Å². The second-order valence-corrected chi connectivity index (χ2v) is 12.1. The topological polar surface area (TPSA) is 0 Å². The SMILES string of the molecule is CC(C)[CH2][Al]([CH2]C(C)C)[C](Cl)(Cl)C(C)(Cl)[CH-]Cl.[Ti]. The van der Waals surface area contributed by atoms with E-state index in [-0.39, 0.29) is 21.7 Å². The Hall–Kier alpha value is 2.41. The van der Waals surface area contributed by atoms with Crippen molar-refractivity contribution in [3.8, 4) is 0 Å². The molecule has 6 heteroatoms. The summed E-state index contributed by atoms with van der Waals surface area (Å²) in [6.45, 7) is 10.6. The van der Waals surface area contributed by atoms with Crippen molar-refractivity contribution in [3.63, 3.8) is 0 Å². The molecule has 18 heavy (non-hydrogen) atoms. The minimum Gasteiger partial charge on any atom is -0.347 e. The van der Waals surface area contributed by atoms with E-state index >= 15 is 0 Å². The number of hydrogen-bond acceptors (Lipinski definition) is 0. The normalized spacial score (nSPS) is 15.5. The Morgan fingerprint density at radius 2 is 1.33 bits per heavy atom. The van der Waals surface area contributed by atoms with Crippen LogP contribution in [0.15, 0.2) is 0 Å². The zero-order valence-electron chi connectivity index (χ0n) is 11.7. The van der Waals surface area contributed by atoms with Gasteiger partial charge in [0.25, 0.3) is 0 Å². The molecule has 0 amide bonds. The minimum absolute atomic E-state index is 0. The Bertz CT molecular complexity index is 222. The molecule has 0 N–H and O–H groups in total. The van der Waals surface area contributed by atoms with E-state index < -0.39 is 22.2 Å². The van der Waals surface area contributed by atoms with E-state index in [0.717, 1.165) is 10.6 Å². The van der Waals surface area contributed by atoms with Crippen LogP contribution in [0.25, 0.3) is 0 Å². The molecular formula is C12H22AlCl4Ti-. The van der Waals surface area contributed by atoms with Crippen LogP contribution in [0.5, 0.6) is 0 Å². The Balaban J connectivity index is 0. The summed E-state index contributed by atoms with van der Waals surface area (Å²) in [5.41, 5.74) is 0. The third kappa shape index (κ3) is 6.91. The van der Waals surface area contributed by atoms with Crippen molar-refractivity contribution >= 4 is 60.6 Å². The van der Waals surface area contributed by atoms with Crippen LogP contribution < -0.4 is 0 Å². The maximum atomic E-state index is 6.56. The fourth-order valence-corrected chi connectivity index (χ4v) is 7.97. The number of alkyl halides is 3. The molecule has 0 radical (unpaired) electrons. The number of rotatable bonds is 7. The van der Waals surface area contributed by atoms with Crippen LogP contribution >= 0.6 is 46.4 Å². The van der Waals surface area contributed by atoms with Crippen LogP contribution in [0.4, 0.5) is 0 Å². The van der Waals surface area contributed by atoms with Gasteiger partial charge in [-0.05, 0) is 4.87 Å². The monoisotopic (exact) mass is 381 g/mol. The van der Waals surface area contributed by atoms with Crippen molar-refractivity contribution in [1.82, 2.24) is 0 Å². The van der Waals surface area contributed by atoms with Crippen molar-refractivity contribution in [2.75, 3.05) is 0 Å². The molecule has 0 aliphatic rings. The number of halogens is 4. The maximum Gasteiger partial charge on any atom is 0.316 e. The van der Waals surface area contributed by atoms with E-state index in [1.807, 2.05) is 0 Å². The first-order valence-electron chi connectivity index (χ1n) is 6.05. The summed E-state index contributed by atoms with van der Waals surface area (Å²) >= 11 is 23.9. The molecule has 0 nitrogen and oxygen atoms in total. The molecule has 0 heterocycles. The molecule has 0 rings (SSSR count). The molecule has 1 unspecified atom stereocenters. The van der Waals surface area contributed by atoms with Crippen LogP contribution in [0.3, 0.4) is 0 Å². The summed E-state index contributed by atoms with van der Waals surface area (Å²) < 4.78 is -0.912. The van der Waals surface area contributed by atoms with E-state index in [0.29, 0.717) is 11.8 Å². The van der Waals surface area contributed by atoms with Crippen LogP contribution in [0.2, 0.25) is 10.6 Å². The largest absolute Gasteiger partial charge is 0.347 e. The van der Waals surface area contributed by atoms with Crippen molar-refractivity contribution in [2.24, 2.45) is 11.8 Å². The molecule has 0 saturated heterocycles. The Morgan fingerprint density at radius 3 is 1.56 bits per heavy atom. The molecule has 0 aliphatic heterocycles. The van der Waals surface area contributed by atoms with Crippen LogP contribution in [-0.2, 0) is 21.7 Å². The molecule has 1 atom stereocenters. The van der Waals surface area contributed by atoms with Gasteiger partial charge in [-0.15, -0.1) is 23.2 Å². The molecule has 0 aliphatic carbocycles. The molecular weight excluding hydrogens is 361 g/mol. The molecule has 0 aromatic rings. The summed E-state index contributed by atoms with van der Waals surface area (Å²) in [7, 11) is 0. The molecule has 0 aromatic heterocycles. The van der Waals surface area contributed by atoms with Crippen molar-refractivity contribution in [1.29, 1.82) is 0 Å². The smallest absolute Gasteiger partial charge is 0.316 e. The summed E-state index contributed by atoms with van der Waals surface area (Å²) in [5, 5.41) is 2.16. The van der Waals surface area contributed by atoms with Gasteiger partial charge in [0.1, 0.15) is 0 Å². The van der Waals surface area contributed by atoms with Crippen molar-refractivity contribution in [3.05, 3.63) is 5.88 Å². The molecule has 0 bridgehead atoms. The maximum absolute atomic E-state index is 6.56. The molecule has 0 saturated carbocycles. The molecule has 0 fully saturated rings. The van der Waals surface area contributed by atoms with Gasteiger partial charge in [0.15, 0.2) is 0 Å². The van der Waals surface area contributed by atoms with E-state index in [4.69, 9.17) is 46.4 Å². The third-order valence-electron chi connectivity index (χ3n) is 2.88. The zero-order valence-corrected chi connectivity index (χ0v) is 17.5. The van der Waals surface area contributed by atoms with Crippen molar-refractivity contribution < 1.29 is 21.7 Å². The van der Waals surface area contributed by atoms with E-state index in [9.17, 15) is 0 Å². The van der Waals surface area contributed by atoms with Crippen molar-refractivity contribution in [2.45, 2.75) is 53.3 Å². The Morgan fingerprint density at radius 1 is 1.00 bits per heavy atom. The van der Waals surface area contributed by atoms with Crippen LogP contribution in [0, 0.1) is 17.7 Å². The predicted molar refractivity (Wildman–Crippen MR) is 83.9 cm³/mol. The summed E-state index contributed by atoms with van der Waals surface area (Å²) in [5.74, 6) is 2.57. The van der Waals surface area contributed by atoms with Gasteiger partial charge in [-0.1, -0.05) is 57.0 Å². The first kappa shape index (κ1) is 22.7. The quantitative estimate of drug-likeness (QED) is 0.292. The van der Waals surface area contributed by atoms with Gasteiger partial charge in [-0.3, -0.25) is 0 Å². The second-order valence-electron chi connectivity index (χ2n) is 5.76. The minimum atomic E-state index is -1.42. The molecule has 106 valence electrons. The fraction of sp³-hybridized carbons (Fsp3) is 0.917. The average molecular weight is 383 g/mol. The van der Waals surface area contributed by atoms with Crippen LogP contribution in [-0.4, -0.2) is 22.2 Å². The second kappa shape index (κ2) is 9.43. The van der Waals surface area contributed by atoms with E-state index in [2.05, 4.69) is 27.7 Å². The van der Waals surface area contributed by atoms with Gasteiger partial charge in [-0.25, -0.2) is 5.88 Å². The van der Waals surface area contributed by atoms with Gasteiger partial charge in [-0.2, -0.15) is 11.6 Å². The zero-order chi connectivity index (χ0) is 13.9. The van der Waals surface area contributed by atoms with Gasteiger partial charge >= 0.3 is 14.1 Å². The summed E-state index contributed by atoms with van der Waals surface area (Å²) in [6.07, 6.45) is 0. The molecule has 0 spiro atoms. The third-order valence-corrected chi connectivity index (χ3v) is 11.5. The first-order valence-corrected chi connectivity index (χ1v) is 9.84.